The van der Waals surface area contributed by atoms with Crippen LogP contribution in [0.1, 0.15) is 22.7 Å². The summed E-state index contributed by atoms with van der Waals surface area (Å²) in [5, 5.41) is 10.7. The zero-order chi connectivity index (χ0) is 21.9. The summed E-state index contributed by atoms with van der Waals surface area (Å²) in [6.07, 6.45) is 0. The van der Waals surface area contributed by atoms with Crippen molar-refractivity contribution in [1.29, 1.82) is 0 Å². The number of ether oxygens (including phenoxy) is 2. The van der Waals surface area contributed by atoms with Gasteiger partial charge in [0.15, 0.2) is 0 Å². The van der Waals surface area contributed by atoms with Crippen LogP contribution in [0.5, 0.6) is 17.2 Å². The summed E-state index contributed by atoms with van der Waals surface area (Å²) < 4.78 is 52.8. The van der Waals surface area contributed by atoms with E-state index in [1.165, 1.54) is 62.8 Å². The smallest absolute Gasteiger partial charge is 0.241 e. The van der Waals surface area contributed by atoms with E-state index in [0.717, 1.165) is 5.56 Å². The van der Waals surface area contributed by atoms with Crippen LogP contribution >= 0.6 is 0 Å². The van der Waals surface area contributed by atoms with E-state index in [2.05, 4.69) is 4.72 Å². The first-order chi connectivity index (χ1) is 14.2. The number of phenolic OH excluding ortho intramolecular Hbond substituents is 1. The molecule has 0 saturated carbocycles. The Hall–Kier alpha value is -3.10. The molecule has 0 aliphatic heterocycles. The number of phenols is 1. The van der Waals surface area contributed by atoms with Crippen molar-refractivity contribution in [1.82, 2.24) is 4.72 Å². The van der Waals surface area contributed by atoms with Crippen LogP contribution in [0.2, 0.25) is 0 Å². The molecule has 30 heavy (non-hydrogen) atoms. The van der Waals surface area contributed by atoms with Gasteiger partial charge in [-0.3, -0.25) is 0 Å². The maximum atomic E-state index is 13.5. The van der Waals surface area contributed by atoms with Gasteiger partial charge in [-0.1, -0.05) is 29.8 Å². The van der Waals surface area contributed by atoms with Crippen LogP contribution in [0.25, 0.3) is 0 Å². The summed E-state index contributed by atoms with van der Waals surface area (Å²) in [5.74, 6) is -0.142. The van der Waals surface area contributed by atoms with Crippen molar-refractivity contribution in [2.24, 2.45) is 0 Å². The molecular weight excluding hydrogens is 409 g/mol. The quantitative estimate of drug-likeness (QED) is 0.592. The van der Waals surface area contributed by atoms with Crippen LogP contribution in [0, 0.1) is 12.7 Å². The van der Waals surface area contributed by atoms with E-state index in [0.29, 0.717) is 11.3 Å². The number of benzene rings is 3. The zero-order valence-electron chi connectivity index (χ0n) is 16.7. The summed E-state index contributed by atoms with van der Waals surface area (Å²) in [5.41, 5.74) is 1.52. The molecule has 0 radical (unpaired) electrons. The van der Waals surface area contributed by atoms with Gasteiger partial charge in [-0.2, -0.15) is 4.72 Å². The summed E-state index contributed by atoms with van der Waals surface area (Å²) in [4.78, 5) is 0.0622. The maximum absolute atomic E-state index is 13.5. The Kier molecular flexibility index (Phi) is 6.28. The number of rotatable bonds is 7. The predicted octanol–water partition coefficient (Wildman–Crippen LogP) is 3.92. The minimum Gasteiger partial charge on any atom is -0.507 e. The number of aryl methyl sites for hydroxylation is 1. The molecule has 0 heterocycles. The van der Waals surface area contributed by atoms with Gasteiger partial charge in [0, 0.05) is 12.1 Å². The van der Waals surface area contributed by atoms with Gasteiger partial charge in [-0.15, -0.1) is 0 Å². The number of sulfonamides is 1. The summed E-state index contributed by atoms with van der Waals surface area (Å²) >= 11 is 0. The molecule has 6 nitrogen and oxygen atoms in total. The van der Waals surface area contributed by atoms with Crippen LogP contribution in [0.3, 0.4) is 0 Å². The summed E-state index contributed by atoms with van der Waals surface area (Å²) in [6.45, 7) is 1.85. The highest BCUT2D eigenvalue weighted by atomic mass is 32.2. The SMILES string of the molecule is COc1cc(O)c(C(NS(=O)(=O)c2ccc(C)cc2)c2ccc(F)cc2)c(OC)c1. The van der Waals surface area contributed by atoms with Gasteiger partial charge in [0.2, 0.25) is 10.0 Å². The Labute approximate surface area is 175 Å². The number of hydrogen-bond donors (Lipinski definition) is 2. The molecule has 1 unspecified atom stereocenters. The number of hydrogen-bond acceptors (Lipinski definition) is 5. The summed E-state index contributed by atoms with van der Waals surface area (Å²) in [7, 11) is -1.15. The van der Waals surface area contributed by atoms with Crippen molar-refractivity contribution in [3.05, 3.63) is 83.2 Å². The Morgan fingerprint density at radius 3 is 2.17 bits per heavy atom. The predicted molar refractivity (Wildman–Crippen MR) is 111 cm³/mol. The Morgan fingerprint density at radius 1 is 0.967 bits per heavy atom. The zero-order valence-corrected chi connectivity index (χ0v) is 17.5. The summed E-state index contributed by atoms with van der Waals surface area (Å²) in [6, 6.07) is 13.5. The van der Waals surface area contributed by atoms with Gasteiger partial charge < -0.3 is 14.6 Å². The lowest BCUT2D eigenvalue weighted by atomic mass is 9.97. The second-order valence-electron chi connectivity index (χ2n) is 6.68. The van der Waals surface area contributed by atoms with E-state index in [4.69, 9.17) is 9.47 Å². The van der Waals surface area contributed by atoms with E-state index >= 15 is 0 Å². The van der Waals surface area contributed by atoms with Crippen LogP contribution in [0.4, 0.5) is 4.39 Å². The Morgan fingerprint density at radius 2 is 1.60 bits per heavy atom. The molecule has 0 aliphatic rings. The standard InChI is InChI=1S/C22H22FNO5S/c1-14-4-10-18(11-5-14)30(26,27)24-22(15-6-8-16(23)9-7-15)21-19(25)12-17(28-2)13-20(21)29-3/h4-13,22,24-25H,1-3H3. The fourth-order valence-corrected chi connectivity index (χ4v) is 4.25. The third kappa shape index (κ3) is 4.55. The molecule has 1 atom stereocenters. The molecule has 0 fully saturated rings. The van der Waals surface area contributed by atoms with Crippen molar-refractivity contribution in [2.75, 3.05) is 14.2 Å². The number of halogens is 1. The molecular formula is C22H22FNO5S. The lowest BCUT2D eigenvalue weighted by molar-refractivity contribution is 0.376. The molecule has 3 aromatic carbocycles. The molecule has 3 rings (SSSR count). The highest BCUT2D eigenvalue weighted by Gasteiger charge is 2.28. The first-order valence-electron chi connectivity index (χ1n) is 9.04. The van der Waals surface area contributed by atoms with Gasteiger partial charge in [-0.05, 0) is 36.8 Å². The molecule has 0 amide bonds. The van der Waals surface area contributed by atoms with E-state index in [1.807, 2.05) is 6.92 Å². The third-order valence-corrected chi connectivity index (χ3v) is 6.08. The first kappa shape index (κ1) is 21.6. The number of aromatic hydroxyl groups is 1. The minimum absolute atomic E-state index is 0.0622. The van der Waals surface area contributed by atoms with E-state index < -0.39 is 21.9 Å². The van der Waals surface area contributed by atoms with Crippen LogP contribution < -0.4 is 14.2 Å². The van der Waals surface area contributed by atoms with E-state index in [-0.39, 0.29) is 22.0 Å². The Bertz CT molecular complexity index is 1130. The molecule has 3 aromatic rings. The topological polar surface area (TPSA) is 84.9 Å². The largest absolute Gasteiger partial charge is 0.507 e. The van der Waals surface area contributed by atoms with Gasteiger partial charge in [0.1, 0.15) is 23.1 Å². The minimum atomic E-state index is -3.98. The molecule has 8 heteroatoms. The van der Waals surface area contributed by atoms with Crippen LogP contribution in [-0.4, -0.2) is 27.7 Å². The molecule has 158 valence electrons. The second kappa shape index (κ2) is 8.73. The van der Waals surface area contributed by atoms with Crippen molar-refractivity contribution < 1.29 is 27.4 Å². The molecule has 0 aliphatic carbocycles. The lowest BCUT2D eigenvalue weighted by Crippen LogP contribution is -2.30. The van der Waals surface area contributed by atoms with Crippen LogP contribution in [0.15, 0.2) is 65.6 Å². The van der Waals surface area contributed by atoms with Crippen molar-refractivity contribution in [3.8, 4) is 17.2 Å². The fourth-order valence-electron chi connectivity index (χ4n) is 3.05. The van der Waals surface area contributed by atoms with Gasteiger partial charge in [0.25, 0.3) is 0 Å². The number of methoxy groups -OCH3 is 2. The molecule has 0 aromatic heterocycles. The fraction of sp³-hybridized carbons (Fsp3) is 0.182. The normalized spacial score (nSPS) is 12.4. The highest BCUT2D eigenvalue weighted by Crippen LogP contribution is 2.40. The monoisotopic (exact) mass is 431 g/mol. The van der Waals surface area contributed by atoms with E-state index in [9.17, 15) is 17.9 Å². The third-order valence-electron chi connectivity index (χ3n) is 4.65. The molecule has 2 N–H and O–H groups in total. The van der Waals surface area contributed by atoms with Gasteiger partial charge in [0.05, 0.1) is 30.7 Å². The number of nitrogens with one attached hydrogen (secondary N) is 1. The lowest BCUT2D eigenvalue weighted by Gasteiger charge is -2.23. The second-order valence-corrected chi connectivity index (χ2v) is 8.40. The van der Waals surface area contributed by atoms with E-state index in [1.54, 1.807) is 12.1 Å². The molecule has 0 spiro atoms. The molecule has 0 saturated heterocycles. The first-order valence-corrected chi connectivity index (χ1v) is 10.5. The van der Waals surface area contributed by atoms with Gasteiger partial charge >= 0.3 is 0 Å². The average molecular weight is 431 g/mol. The average Bonchev–Trinajstić information content (AvgIpc) is 2.72. The van der Waals surface area contributed by atoms with Crippen molar-refractivity contribution in [2.45, 2.75) is 17.9 Å². The van der Waals surface area contributed by atoms with Crippen molar-refractivity contribution >= 4 is 10.0 Å². The maximum Gasteiger partial charge on any atom is 0.241 e. The van der Waals surface area contributed by atoms with Crippen molar-refractivity contribution in [3.63, 3.8) is 0 Å². The highest BCUT2D eigenvalue weighted by molar-refractivity contribution is 7.89. The molecule has 0 bridgehead atoms. The van der Waals surface area contributed by atoms with Crippen LogP contribution in [-0.2, 0) is 10.0 Å². The Balaban J connectivity index is 2.15. The van der Waals surface area contributed by atoms with Gasteiger partial charge in [-0.25, -0.2) is 12.8 Å².